The molecule has 24 heavy (non-hydrogen) atoms. The number of carbonyl (C=O) groups excluding carboxylic acids is 1. The third kappa shape index (κ3) is 4.72. The van der Waals surface area contributed by atoms with Gasteiger partial charge in [-0.05, 0) is 32.0 Å². The Morgan fingerprint density at radius 3 is 2.79 bits per heavy atom. The van der Waals surface area contributed by atoms with Crippen molar-refractivity contribution in [3.05, 3.63) is 56.2 Å². The molecule has 0 bridgehead atoms. The van der Waals surface area contributed by atoms with E-state index in [9.17, 15) is 9.59 Å². The zero-order valence-electron chi connectivity index (χ0n) is 13.3. The van der Waals surface area contributed by atoms with Crippen LogP contribution in [0, 0.1) is 13.8 Å². The normalized spacial score (nSPS) is 10.5. The predicted octanol–water partition coefficient (Wildman–Crippen LogP) is 2.36. The standard InChI is InChI=1S/C16H17Cl2N3O3/c1-10-11(2)20-9-21(16(10)23)6-5-19-15(22)8-24-14-4-3-12(17)7-13(14)18/h3-4,7,9H,5-6,8H2,1-2H3,(H,19,22). The highest BCUT2D eigenvalue weighted by Crippen LogP contribution is 2.27. The summed E-state index contributed by atoms with van der Waals surface area (Å²) in [7, 11) is 0. The van der Waals surface area contributed by atoms with Gasteiger partial charge in [-0.15, -0.1) is 0 Å². The second-order valence-electron chi connectivity index (χ2n) is 5.17. The van der Waals surface area contributed by atoms with Gasteiger partial charge in [-0.25, -0.2) is 4.98 Å². The zero-order chi connectivity index (χ0) is 17.7. The van der Waals surface area contributed by atoms with Crippen LogP contribution in [-0.2, 0) is 11.3 Å². The molecule has 0 saturated carbocycles. The number of aromatic nitrogens is 2. The van der Waals surface area contributed by atoms with Gasteiger partial charge in [-0.2, -0.15) is 0 Å². The predicted molar refractivity (Wildman–Crippen MR) is 92.9 cm³/mol. The van der Waals surface area contributed by atoms with Gasteiger partial charge in [0.1, 0.15) is 5.75 Å². The van der Waals surface area contributed by atoms with Gasteiger partial charge in [0.2, 0.25) is 0 Å². The largest absolute Gasteiger partial charge is 0.482 e. The van der Waals surface area contributed by atoms with Crippen LogP contribution in [0.3, 0.4) is 0 Å². The Hall–Kier alpha value is -2.05. The van der Waals surface area contributed by atoms with Crippen LogP contribution in [0.5, 0.6) is 5.75 Å². The minimum Gasteiger partial charge on any atom is -0.482 e. The molecule has 0 radical (unpaired) electrons. The Bertz CT molecular complexity index is 806. The summed E-state index contributed by atoms with van der Waals surface area (Å²) in [5, 5.41) is 3.50. The van der Waals surface area contributed by atoms with Gasteiger partial charge in [-0.1, -0.05) is 23.2 Å². The summed E-state index contributed by atoms with van der Waals surface area (Å²) >= 11 is 11.7. The number of hydrogen-bond acceptors (Lipinski definition) is 4. The fraction of sp³-hybridized carbons (Fsp3) is 0.312. The van der Waals surface area contributed by atoms with Crippen LogP contribution in [0.15, 0.2) is 29.3 Å². The molecular formula is C16H17Cl2N3O3. The molecule has 1 aromatic heterocycles. The van der Waals surface area contributed by atoms with E-state index in [0.717, 1.165) is 0 Å². The molecule has 0 aliphatic rings. The maximum absolute atomic E-state index is 12.0. The van der Waals surface area contributed by atoms with Crippen molar-refractivity contribution in [3.63, 3.8) is 0 Å². The molecule has 0 spiro atoms. The lowest BCUT2D eigenvalue weighted by Crippen LogP contribution is -2.34. The Balaban J connectivity index is 1.81. The second-order valence-corrected chi connectivity index (χ2v) is 6.01. The van der Waals surface area contributed by atoms with E-state index in [1.165, 1.54) is 17.0 Å². The van der Waals surface area contributed by atoms with Gasteiger partial charge in [0.25, 0.3) is 11.5 Å². The van der Waals surface area contributed by atoms with Crippen molar-refractivity contribution < 1.29 is 9.53 Å². The summed E-state index contributed by atoms with van der Waals surface area (Å²) in [6, 6.07) is 4.76. The van der Waals surface area contributed by atoms with Crippen molar-refractivity contribution >= 4 is 29.1 Å². The lowest BCUT2D eigenvalue weighted by atomic mass is 10.3. The maximum atomic E-state index is 12.0. The molecule has 1 amide bonds. The third-order valence-electron chi connectivity index (χ3n) is 3.44. The molecule has 128 valence electrons. The fourth-order valence-corrected chi connectivity index (χ4v) is 2.40. The van der Waals surface area contributed by atoms with Gasteiger partial charge in [0.15, 0.2) is 6.61 Å². The molecular weight excluding hydrogens is 353 g/mol. The molecule has 0 fully saturated rings. The van der Waals surface area contributed by atoms with Crippen molar-refractivity contribution in [1.29, 1.82) is 0 Å². The van der Waals surface area contributed by atoms with Gasteiger partial charge >= 0.3 is 0 Å². The summed E-state index contributed by atoms with van der Waals surface area (Å²) in [5.41, 5.74) is 1.19. The Kier molecular flexibility index (Phi) is 6.23. The average Bonchev–Trinajstić information content (AvgIpc) is 2.54. The van der Waals surface area contributed by atoms with Crippen LogP contribution in [0.2, 0.25) is 10.0 Å². The SMILES string of the molecule is Cc1ncn(CCNC(=O)COc2ccc(Cl)cc2Cl)c(=O)c1C. The van der Waals surface area contributed by atoms with Crippen molar-refractivity contribution in [1.82, 2.24) is 14.9 Å². The van der Waals surface area contributed by atoms with Crippen LogP contribution in [0.4, 0.5) is 0 Å². The monoisotopic (exact) mass is 369 g/mol. The Labute approximate surface area is 149 Å². The molecule has 0 aliphatic carbocycles. The molecule has 8 heteroatoms. The third-order valence-corrected chi connectivity index (χ3v) is 3.97. The number of aryl methyl sites for hydroxylation is 1. The van der Waals surface area contributed by atoms with Crippen LogP contribution < -0.4 is 15.6 Å². The first-order valence-electron chi connectivity index (χ1n) is 7.25. The van der Waals surface area contributed by atoms with E-state index in [4.69, 9.17) is 27.9 Å². The van der Waals surface area contributed by atoms with Crippen LogP contribution >= 0.6 is 23.2 Å². The highest BCUT2D eigenvalue weighted by Gasteiger charge is 2.07. The molecule has 1 aromatic carbocycles. The number of carbonyl (C=O) groups is 1. The van der Waals surface area contributed by atoms with Crippen LogP contribution in [-0.4, -0.2) is 28.6 Å². The molecule has 1 heterocycles. The lowest BCUT2D eigenvalue weighted by molar-refractivity contribution is -0.123. The average molecular weight is 370 g/mol. The van der Waals surface area contributed by atoms with Crippen molar-refractivity contribution in [2.45, 2.75) is 20.4 Å². The maximum Gasteiger partial charge on any atom is 0.258 e. The highest BCUT2D eigenvalue weighted by molar-refractivity contribution is 6.35. The van der Waals surface area contributed by atoms with E-state index in [1.807, 2.05) is 0 Å². The van der Waals surface area contributed by atoms with Gasteiger partial charge in [0, 0.05) is 29.4 Å². The Morgan fingerprint density at radius 1 is 1.33 bits per heavy atom. The lowest BCUT2D eigenvalue weighted by Gasteiger charge is -2.10. The Morgan fingerprint density at radius 2 is 2.08 bits per heavy atom. The van der Waals surface area contributed by atoms with E-state index in [2.05, 4.69) is 10.3 Å². The summed E-state index contributed by atoms with van der Waals surface area (Å²) in [6.45, 7) is 3.95. The molecule has 0 saturated heterocycles. The van der Waals surface area contributed by atoms with Crippen molar-refractivity contribution in [2.24, 2.45) is 0 Å². The summed E-state index contributed by atoms with van der Waals surface area (Å²) in [4.78, 5) is 27.9. The highest BCUT2D eigenvalue weighted by atomic mass is 35.5. The first kappa shape index (κ1) is 18.3. The first-order chi connectivity index (χ1) is 11.4. The minimum atomic E-state index is -0.314. The number of hydrogen-bond donors (Lipinski definition) is 1. The molecule has 2 aromatic rings. The molecule has 0 atom stereocenters. The molecule has 0 aliphatic heterocycles. The number of benzene rings is 1. The van der Waals surface area contributed by atoms with E-state index in [1.54, 1.807) is 26.0 Å². The van der Waals surface area contributed by atoms with Crippen molar-refractivity contribution in [3.8, 4) is 5.75 Å². The van der Waals surface area contributed by atoms with E-state index < -0.39 is 0 Å². The smallest absolute Gasteiger partial charge is 0.258 e. The topological polar surface area (TPSA) is 73.2 Å². The second kappa shape index (κ2) is 8.17. The van der Waals surface area contributed by atoms with E-state index in [-0.39, 0.29) is 18.1 Å². The van der Waals surface area contributed by atoms with E-state index in [0.29, 0.717) is 40.1 Å². The van der Waals surface area contributed by atoms with Gasteiger partial charge in [0.05, 0.1) is 11.3 Å². The number of ether oxygens (including phenoxy) is 1. The zero-order valence-corrected chi connectivity index (χ0v) is 14.8. The van der Waals surface area contributed by atoms with Gasteiger partial charge < -0.3 is 10.1 Å². The number of nitrogens with zero attached hydrogens (tertiary/aromatic N) is 2. The number of halogens is 2. The fourth-order valence-electron chi connectivity index (χ4n) is 1.94. The quantitative estimate of drug-likeness (QED) is 0.847. The van der Waals surface area contributed by atoms with Crippen molar-refractivity contribution in [2.75, 3.05) is 13.2 Å². The number of amides is 1. The van der Waals surface area contributed by atoms with Gasteiger partial charge in [-0.3, -0.25) is 14.2 Å². The minimum absolute atomic E-state index is 0.110. The number of rotatable bonds is 6. The molecule has 1 N–H and O–H groups in total. The molecule has 0 unspecified atom stereocenters. The number of nitrogens with one attached hydrogen (secondary N) is 1. The molecule has 6 nitrogen and oxygen atoms in total. The summed E-state index contributed by atoms with van der Waals surface area (Å²) in [6.07, 6.45) is 1.47. The van der Waals surface area contributed by atoms with Crippen LogP contribution in [0.25, 0.3) is 0 Å². The first-order valence-corrected chi connectivity index (χ1v) is 8.01. The van der Waals surface area contributed by atoms with Crippen LogP contribution in [0.1, 0.15) is 11.3 Å². The summed E-state index contributed by atoms with van der Waals surface area (Å²) < 4.78 is 6.79. The molecule has 2 rings (SSSR count). The summed E-state index contributed by atoms with van der Waals surface area (Å²) in [5.74, 6) is 0.0663. The van der Waals surface area contributed by atoms with E-state index >= 15 is 0 Å².